The molecule has 0 radical (unpaired) electrons. The molecule has 1 heterocycles. The summed E-state index contributed by atoms with van der Waals surface area (Å²) in [5.41, 5.74) is 1.21. The summed E-state index contributed by atoms with van der Waals surface area (Å²) in [5.74, 6) is 1.00. The van der Waals surface area contributed by atoms with Crippen molar-refractivity contribution < 1.29 is 13.2 Å². The first kappa shape index (κ1) is 28.7. The van der Waals surface area contributed by atoms with Gasteiger partial charge in [-0.3, -0.25) is 9.10 Å². The highest BCUT2D eigenvalue weighted by Gasteiger charge is 2.28. The predicted molar refractivity (Wildman–Crippen MR) is 148 cm³/mol. The van der Waals surface area contributed by atoms with Crippen LogP contribution in [0.2, 0.25) is 5.02 Å². The molecule has 1 N–H and O–H groups in total. The monoisotopic (exact) mass is 545 g/mol. The lowest BCUT2D eigenvalue weighted by Gasteiger charge is -2.27. The summed E-state index contributed by atoms with van der Waals surface area (Å²) in [6, 6.07) is 13.6. The Hall–Kier alpha value is -2.91. The molecule has 0 aliphatic carbocycles. The number of rotatable bonds is 11. The third-order valence-electron chi connectivity index (χ3n) is 5.98. The molecule has 1 aromatic heterocycles. The van der Waals surface area contributed by atoms with E-state index in [1.54, 1.807) is 48.5 Å². The van der Waals surface area contributed by atoms with Crippen molar-refractivity contribution in [2.24, 2.45) is 5.41 Å². The van der Waals surface area contributed by atoms with E-state index < -0.39 is 10.0 Å². The van der Waals surface area contributed by atoms with Crippen LogP contribution in [-0.4, -0.2) is 42.2 Å². The first-order chi connectivity index (χ1) is 17.4. The number of nitrogens with zero attached hydrogens (tertiary/aromatic N) is 4. The van der Waals surface area contributed by atoms with E-state index in [9.17, 15) is 13.2 Å². The molecule has 3 rings (SSSR count). The number of halogens is 1. The van der Waals surface area contributed by atoms with Crippen LogP contribution in [0.4, 0.5) is 5.69 Å². The maximum absolute atomic E-state index is 13.9. The van der Waals surface area contributed by atoms with Crippen molar-refractivity contribution in [3.63, 3.8) is 0 Å². The lowest BCUT2D eigenvalue weighted by molar-refractivity contribution is -0.118. The van der Waals surface area contributed by atoms with Crippen LogP contribution in [0, 0.1) is 12.3 Å². The highest BCUT2D eigenvalue weighted by atomic mass is 35.5. The van der Waals surface area contributed by atoms with Crippen LogP contribution in [-0.2, 0) is 21.4 Å². The van der Waals surface area contributed by atoms with E-state index >= 15 is 0 Å². The van der Waals surface area contributed by atoms with Crippen molar-refractivity contribution in [1.29, 1.82) is 0 Å². The van der Waals surface area contributed by atoms with E-state index in [0.29, 0.717) is 54.0 Å². The number of benzene rings is 2. The van der Waals surface area contributed by atoms with Gasteiger partial charge in [-0.15, -0.1) is 10.2 Å². The molecule has 0 spiro atoms. The van der Waals surface area contributed by atoms with Crippen molar-refractivity contribution >= 4 is 33.2 Å². The van der Waals surface area contributed by atoms with Gasteiger partial charge in [0.05, 0.1) is 10.6 Å². The number of hydrogen-bond donors (Lipinski definition) is 1. The van der Waals surface area contributed by atoms with Crippen LogP contribution in [0.15, 0.2) is 53.4 Å². The Morgan fingerprint density at radius 3 is 2.43 bits per heavy atom. The number of carbonyl (C=O) groups is 1. The highest BCUT2D eigenvalue weighted by molar-refractivity contribution is 7.92. The van der Waals surface area contributed by atoms with Gasteiger partial charge in [0.25, 0.3) is 10.0 Å². The molecule has 0 aliphatic rings. The van der Waals surface area contributed by atoms with Gasteiger partial charge in [-0.1, -0.05) is 57.0 Å². The maximum Gasteiger partial charge on any atom is 0.264 e. The fourth-order valence-corrected chi connectivity index (χ4v) is 5.81. The summed E-state index contributed by atoms with van der Waals surface area (Å²) in [6.07, 6.45) is 2.56. The molecule has 8 nitrogen and oxygen atoms in total. The Kier molecular flexibility index (Phi) is 9.36. The van der Waals surface area contributed by atoms with Crippen LogP contribution < -0.4 is 9.62 Å². The van der Waals surface area contributed by atoms with E-state index in [1.165, 1.54) is 11.2 Å². The van der Waals surface area contributed by atoms with Gasteiger partial charge in [-0.05, 0) is 55.5 Å². The number of aryl methyl sites for hydroxylation is 1. The lowest BCUT2D eigenvalue weighted by Crippen LogP contribution is -2.33. The van der Waals surface area contributed by atoms with Crippen LogP contribution in [0.1, 0.15) is 52.8 Å². The van der Waals surface area contributed by atoms with Crippen molar-refractivity contribution in [2.45, 2.75) is 65.3 Å². The number of amides is 1. The molecule has 0 aliphatic heterocycles. The molecule has 10 heteroatoms. The van der Waals surface area contributed by atoms with Gasteiger partial charge in [0.15, 0.2) is 5.82 Å². The predicted octanol–water partition coefficient (Wildman–Crippen LogP) is 5.45. The Morgan fingerprint density at radius 2 is 1.78 bits per heavy atom. The smallest absolute Gasteiger partial charge is 0.264 e. The van der Waals surface area contributed by atoms with Crippen LogP contribution in [0.5, 0.6) is 0 Å². The molecule has 200 valence electrons. The van der Waals surface area contributed by atoms with Crippen molar-refractivity contribution in [3.05, 3.63) is 59.4 Å². The molecule has 2 aromatic carbocycles. The first-order valence-electron chi connectivity index (χ1n) is 12.4. The van der Waals surface area contributed by atoms with Gasteiger partial charge in [0.1, 0.15) is 5.82 Å². The van der Waals surface area contributed by atoms with E-state index in [0.717, 1.165) is 12.8 Å². The van der Waals surface area contributed by atoms with E-state index in [4.69, 9.17) is 11.6 Å². The number of nitrogens with one attached hydrogen (secondary N) is 1. The Labute approximate surface area is 225 Å². The van der Waals surface area contributed by atoms with Gasteiger partial charge in [0, 0.05) is 37.1 Å². The first-order valence-corrected chi connectivity index (χ1v) is 14.2. The van der Waals surface area contributed by atoms with Gasteiger partial charge in [0.2, 0.25) is 5.91 Å². The average molecular weight is 546 g/mol. The van der Waals surface area contributed by atoms with Gasteiger partial charge in [-0.2, -0.15) is 0 Å². The molecule has 0 saturated heterocycles. The van der Waals surface area contributed by atoms with E-state index in [1.807, 2.05) is 11.5 Å². The number of carbonyl (C=O) groups excluding carboxylic acids is 1. The minimum atomic E-state index is -3.87. The molecule has 0 unspecified atom stereocenters. The third kappa shape index (κ3) is 7.55. The minimum absolute atomic E-state index is 0.133. The fraction of sp³-hybridized carbons (Fsp3) is 0.444. The molecule has 0 atom stereocenters. The molecule has 3 aromatic rings. The Balaban J connectivity index is 2.08. The quantitative estimate of drug-likeness (QED) is 0.323. The summed E-state index contributed by atoms with van der Waals surface area (Å²) in [6.45, 7) is 10.9. The molecule has 0 saturated carbocycles. The van der Waals surface area contributed by atoms with Crippen molar-refractivity contribution in [3.8, 4) is 11.4 Å². The van der Waals surface area contributed by atoms with E-state index in [2.05, 4.69) is 36.3 Å². The zero-order chi connectivity index (χ0) is 27.2. The number of anilines is 1. The second kappa shape index (κ2) is 12.1. The fourth-order valence-electron chi connectivity index (χ4n) is 4.10. The standard InChI is InChI=1S/C27H36ClN5O3S/c1-20-30-31-26(32(20)18-16-29-21(2)34)24-19-22(28)13-14-25(24)33(17-10-9-15-27(3,4)5)37(35,36)23-11-7-6-8-12-23/h6-8,11-14,19H,9-10,15-18H2,1-5H3,(H,29,34). The number of sulfonamides is 1. The molecular formula is C27H36ClN5O3S. The van der Waals surface area contributed by atoms with Crippen LogP contribution in [0.3, 0.4) is 0 Å². The normalized spacial score (nSPS) is 11.9. The third-order valence-corrected chi connectivity index (χ3v) is 8.05. The molecule has 0 bridgehead atoms. The zero-order valence-corrected chi connectivity index (χ0v) is 23.7. The summed E-state index contributed by atoms with van der Waals surface area (Å²) < 4.78 is 31.2. The van der Waals surface area contributed by atoms with E-state index in [-0.39, 0.29) is 16.2 Å². The van der Waals surface area contributed by atoms with Crippen LogP contribution in [0.25, 0.3) is 11.4 Å². The second-order valence-electron chi connectivity index (χ2n) is 10.3. The SMILES string of the molecule is CC(=O)NCCn1c(C)nnc1-c1cc(Cl)ccc1N(CCCCC(C)(C)C)S(=O)(=O)c1ccccc1. The average Bonchev–Trinajstić information content (AvgIpc) is 3.19. The number of aromatic nitrogens is 3. The maximum atomic E-state index is 13.9. The second-order valence-corrected chi connectivity index (χ2v) is 12.6. The van der Waals surface area contributed by atoms with Crippen molar-refractivity contribution in [2.75, 3.05) is 17.4 Å². The van der Waals surface area contributed by atoms with Gasteiger partial charge >= 0.3 is 0 Å². The number of unbranched alkanes of at least 4 members (excludes halogenated alkanes) is 1. The van der Waals surface area contributed by atoms with Crippen molar-refractivity contribution in [1.82, 2.24) is 20.1 Å². The summed E-state index contributed by atoms with van der Waals surface area (Å²) in [4.78, 5) is 11.6. The number of hydrogen-bond acceptors (Lipinski definition) is 5. The summed E-state index contributed by atoms with van der Waals surface area (Å²) in [7, 11) is -3.87. The van der Waals surface area contributed by atoms with Crippen LogP contribution >= 0.6 is 11.6 Å². The molecule has 1 amide bonds. The van der Waals surface area contributed by atoms with Gasteiger partial charge < -0.3 is 9.88 Å². The Morgan fingerprint density at radius 1 is 1.08 bits per heavy atom. The molecule has 37 heavy (non-hydrogen) atoms. The molecular weight excluding hydrogens is 510 g/mol. The Bertz CT molecular complexity index is 1320. The van der Waals surface area contributed by atoms with Gasteiger partial charge in [-0.25, -0.2) is 8.42 Å². The summed E-state index contributed by atoms with van der Waals surface area (Å²) in [5, 5.41) is 11.8. The topological polar surface area (TPSA) is 97.2 Å². The summed E-state index contributed by atoms with van der Waals surface area (Å²) >= 11 is 6.40. The highest BCUT2D eigenvalue weighted by Crippen LogP contribution is 2.36. The molecule has 0 fully saturated rings. The minimum Gasteiger partial charge on any atom is -0.355 e. The largest absolute Gasteiger partial charge is 0.355 e. The lowest BCUT2D eigenvalue weighted by atomic mass is 9.90. The zero-order valence-electron chi connectivity index (χ0n) is 22.2.